The molecule has 0 aliphatic carbocycles. The molecule has 0 aromatic heterocycles. The molecule has 0 bridgehead atoms. The topological polar surface area (TPSA) is 72.2 Å². The van der Waals surface area contributed by atoms with Crippen molar-refractivity contribution in [1.29, 1.82) is 0 Å². The molecule has 1 aromatic carbocycles. The van der Waals surface area contributed by atoms with E-state index in [-0.39, 0.29) is 14.9 Å². The van der Waals surface area contributed by atoms with Gasteiger partial charge in [-0.1, -0.05) is 23.2 Å². The molecule has 7 heteroatoms. The minimum absolute atomic E-state index is 0.0237. The van der Waals surface area contributed by atoms with E-state index in [0.29, 0.717) is 0 Å². The van der Waals surface area contributed by atoms with Crippen LogP contribution in [0.15, 0.2) is 23.1 Å². The summed E-state index contributed by atoms with van der Waals surface area (Å²) in [6, 6.07) is 3.91. The summed E-state index contributed by atoms with van der Waals surface area (Å²) in [6.07, 6.45) is 0. The Kier molecular flexibility index (Phi) is 3.15. The van der Waals surface area contributed by atoms with E-state index in [2.05, 4.69) is 0 Å². The van der Waals surface area contributed by atoms with E-state index in [1.54, 1.807) is 4.83 Å². The van der Waals surface area contributed by atoms with Crippen LogP contribution in [-0.4, -0.2) is 8.42 Å². The number of halogens is 2. The van der Waals surface area contributed by atoms with Crippen molar-refractivity contribution in [1.82, 2.24) is 4.83 Å². The van der Waals surface area contributed by atoms with Crippen LogP contribution in [0.25, 0.3) is 0 Å². The zero-order chi connectivity index (χ0) is 10.1. The van der Waals surface area contributed by atoms with Crippen molar-refractivity contribution in [2.45, 2.75) is 4.90 Å². The normalized spacial score (nSPS) is 11.6. The van der Waals surface area contributed by atoms with Crippen LogP contribution < -0.4 is 10.7 Å². The van der Waals surface area contributed by atoms with Crippen LogP contribution >= 0.6 is 23.2 Å². The van der Waals surface area contributed by atoms with Crippen LogP contribution in [0.2, 0.25) is 10.0 Å². The smallest absolute Gasteiger partial charge is 0.253 e. The van der Waals surface area contributed by atoms with Crippen molar-refractivity contribution < 1.29 is 8.42 Å². The van der Waals surface area contributed by atoms with Crippen molar-refractivity contribution in [3.05, 3.63) is 28.2 Å². The quantitative estimate of drug-likeness (QED) is 0.602. The Morgan fingerprint density at radius 2 is 1.85 bits per heavy atom. The van der Waals surface area contributed by atoms with E-state index in [1.165, 1.54) is 18.2 Å². The lowest BCUT2D eigenvalue weighted by molar-refractivity contribution is 0.584. The SMILES string of the molecule is NNS(=O)(=O)c1ccc(Cl)c(Cl)c1. The van der Waals surface area contributed by atoms with E-state index in [0.717, 1.165) is 0 Å². The number of sulfonamides is 1. The van der Waals surface area contributed by atoms with Crippen molar-refractivity contribution in [3.8, 4) is 0 Å². The van der Waals surface area contributed by atoms with Gasteiger partial charge in [0, 0.05) is 0 Å². The average molecular weight is 241 g/mol. The molecule has 0 amide bonds. The lowest BCUT2D eigenvalue weighted by Gasteiger charge is -2.02. The van der Waals surface area contributed by atoms with Crippen molar-refractivity contribution in [2.24, 2.45) is 5.84 Å². The standard InChI is InChI=1S/C6H6Cl2N2O2S/c7-5-2-1-4(3-6(5)8)13(11,12)10-9/h1-3,10H,9H2. The van der Waals surface area contributed by atoms with Gasteiger partial charge in [0.15, 0.2) is 0 Å². The Morgan fingerprint density at radius 3 is 2.31 bits per heavy atom. The Hall–Kier alpha value is -0.330. The minimum Gasteiger partial charge on any atom is -0.257 e. The van der Waals surface area contributed by atoms with Crippen molar-refractivity contribution in [3.63, 3.8) is 0 Å². The number of rotatable bonds is 2. The minimum atomic E-state index is -3.65. The summed E-state index contributed by atoms with van der Waals surface area (Å²) in [4.78, 5) is 1.65. The zero-order valence-electron chi connectivity index (χ0n) is 6.29. The third-order valence-corrected chi connectivity index (χ3v) is 3.28. The van der Waals surface area contributed by atoms with E-state index < -0.39 is 10.0 Å². The highest BCUT2D eigenvalue weighted by molar-refractivity contribution is 7.89. The van der Waals surface area contributed by atoms with Gasteiger partial charge < -0.3 is 0 Å². The number of hydrogen-bond acceptors (Lipinski definition) is 3. The number of hydrazine groups is 1. The molecule has 0 saturated heterocycles. The molecule has 0 atom stereocenters. The Bertz CT molecular complexity index is 419. The van der Waals surface area contributed by atoms with Crippen LogP contribution in [0, 0.1) is 0 Å². The fourth-order valence-corrected chi connectivity index (χ4v) is 1.73. The predicted molar refractivity (Wildman–Crippen MR) is 51.0 cm³/mol. The third kappa shape index (κ3) is 2.32. The van der Waals surface area contributed by atoms with E-state index in [1.807, 2.05) is 0 Å². The van der Waals surface area contributed by atoms with Gasteiger partial charge in [0.2, 0.25) is 0 Å². The molecule has 13 heavy (non-hydrogen) atoms. The van der Waals surface area contributed by atoms with Gasteiger partial charge in [0.1, 0.15) is 0 Å². The maximum Gasteiger partial charge on any atom is 0.253 e. The van der Waals surface area contributed by atoms with Gasteiger partial charge in [0.25, 0.3) is 10.0 Å². The van der Waals surface area contributed by atoms with Crippen molar-refractivity contribution >= 4 is 33.2 Å². The lowest BCUT2D eigenvalue weighted by Crippen LogP contribution is -2.30. The molecular formula is C6H6Cl2N2O2S. The molecule has 0 fully saturated rings. The molecule has 3 N–H and O–H groups in total. The monoisotopic (exact) mass is 240 g/mol. The van der Waals surface area contributed by atoms with Gasteiger partial charge in [0.05, 0.1) is 14.9 Å². The van der Waals surface area contributed by atoms with Gasteiger partial charge >= 0.3 is 0 Å². The second-order valence-electron chi connectivity index (χ2n) is 2.20. The summed E-state index contributed by atoms with van der Waals surface area (Å²) >= 11 is 11.2. The summed E-state index contributed by atoms with van der Waals surface area (Å²) in [6.45, 7) is 0. The summed E-state index contributed by atoms with van der Waals surface area (Å²) in [5.74, 6) is 4.81. The molecule has 4 nitrogen and oxygen atoms in total. The molecule has 0 radical (unpaired) electrons. The Balaban J connectivity index is 3.27. The van der Waals surface area contributed by atoms with Crippen LogP contribution in [0.4, 0.5) is 0 Å². The molecule has 72 valence electrons. The largest absolute Gasteiger partial charge is 0.257 e. The first-order chi connectivity index (χ1) is 5.97. The number of benzene rings is 1. The first-order valence-corrected chi connectivity index (χ1v) is 5.39. The van der Waals surface area contributed by atoms with E-state index in [9.17, 15) is 8.42 Å². The zero-order valence-corrected chi connectivity index (χ0v) is 8.62. The highest BCUT2D eigenvalue weighted by atomic mass is 35.5. The average Bonchev–Trinajstić information content (AvgIpc) is 2.09. The summed E-state index contributed by atoms with van der Waals surface area (Å²) in [5.41, 5.74) is 0. The van der Waals surface area contributed by atoms with Gasteiger partial charge in [-0.05, 0) is 18.2 Å². The van der Waals surface area contributed by atoms with Crippen LogP contribution in [0.5, 0.6) is 0 Å². The second kappa shape index (κ2) is 3.81. The van der Waals surface area contributed by atoms with Crippen molar-refractivity contribution in [2.75, 3.05) is 0 Å². The van der Waals surface area contributed by atoms with Gasteiger partial charge in [-0.15, -0.1) is 0 Å². The maximum atomic E-state index is 11.1. The lowest BCUT2D eigenvalue weighted by atomic mass is 10.4. The number of nitrogens with two attached hydrogens (primary N) is 1. The predicted octanol–water partition coefficient (Wildman–Crippen LogP) is 1.15. The molecular weight excluding hydrogens is 235 g/mol. The van der Waals surface area contributed by atoms with E-state index in [4.69, 9.17) is 29.0 Å². The second-order valence-corrected chi connectivity index (χ2v) is 4.73. The fourth-order valence-electron chi connectivity index (χ4n) is 0.712. The highest BCUT2D eigenvalue weighted by Crippen LogP contribution is 2.24. The van der Waals surface area contributed by atoms with Gasteiger partial charge in [-0.25, -0.2) is 8.42 Å². The van der Waals surface area contributed by atoms with Crippen LogP contribution in [0.3, 0.4) is 0 Å². The molecule has 0 aliphatic rings. The first-order valence-electron chi connectivity index (χ1n) is 3.15. The summed E-state index contributed by atoms with van der Waals surface area (Å²) in [7, 11) is -3.65. The first kappa shape index (κ1) is 10.7. The molecule has 0 heterocycles. The molecule has 1 rings (SSSR count). The maximum absolute atomic E-state index is 11.1. The fraction of sp³-hybridized carbons (Fsp3) is 0. The molecule has 0 spiro atoms. The molecule has 0 unspecified atom stereocenters. The van der Waals surface area contributed by atoms with Gasteiger partial charge in [-0.2, -0.15) is 4.83 Å². The van der Waals surface area contributed by atoms with Crippen LogP contribution in [0.1, 0.15) is 0 Å². The van der Waals surface area contributed by atoms with Gasteiger partial charge in [-0.3, -0.25) is 5.84 Å². The highest BCUT2D eigenvalue weighted by Gasteiger charge is 2.12. The Morgan fingerprint density at radius 1 is 1.23 bits per heavy atom. The van der Waals surface area contributed by atoms with Crippen LogP contribution in [-0.2, 0) is 10.0 Å². The molecule has 0 aliphatic heterocycles. The van der Waals surface area contributed by atoms with E-state index >= 15 is 0 Å². The number of hydrogen-bond donors (Lipinski definition) is 2. The number of nitrogens with one attached hydrogen (secondary N) is 1. The Labute approximate surface area is 85.7 Å². The molecule has 0 saturated carbocycles. The third-order valence-electron chi connectivity index (χ3n) is 1.36. The summed E-state index contributed by atoms with van der Waals surface area (Å²) < 4.78 is 22.3. The molecule has 1 aromatic rings. The summed E-state index contributed by atoms with van der Waals surface area (Å²) in [5, 5.41) is 0.454.